The van der Waals surface area contributed by atoms with Gasteiger partial charge in [-0.2, -0.15) is 0 Å². The molecule has 0 aliphatic heterocycles. The van der Waals surface area contributed by atoms with Crippen molar-refractivity contribution in [2.24, 2.45) is 0 Å². The number of carbonyl (C=O) groups excluding carboxylic acids is 1. The Bertz CT molecular complexity index is 846. The largest absolute Gasteiger partial charge is 0.497 e. The zero-order valence-electron chi connectivity index (χ0n) is 12.8. The van der Waals surface area contributed by atoms with Gasteiger partial charge in [-0.15, -0.1) is 5.10 Å². The van der Waals surface area contributed by atoms with Crippen molar-refractivity contribution in [3.63, 3.8) is 0 Å². The summed E-state index contributed by atoms with van der Waals surface area (Å²) >= 11 is 5.93. The molecular weight excluding hydrogens is 330 g/mol. The van der Waals surface area contributed by atoms with Crippen LogP contribution in [0.1, 0.15) is 5.56 Å². The summed E-state index contributed by atoms with van der Waals surface area (Å²) in [6.45, 7) is 0. The fraction of sp³-hybridized carbons (Fsp3) is 0.118. The second-order valence-electron chi connectivity index (χ2n) is 5.00. The van der Waals surface area contributed by atoms with Crippen LogP contribution < -0.4 is 10.1 Å². The number of methoxy groups -OCH3 is 1. The Morgan fingerprint density at radius 2 is 2.00 bits per heavy atom. The predicted octanol–water partition coefficient (Wildman–Crippen LogP) is 3.58. The average Bonchev–Trinajstić information content (AvgIpc) is 3.04. The van der Waals surface area contributed by atoms with E-state index >= 15 is 0 Å². The lowest BCUT2D eigenvalue weighted by molar-refractivity contribution is -0.115. The minimum atomic E-state index is -0.249. The first kappa shape index (κ1) is 16.0. The number of benzene rings is 2. The van der Waals surface area contributed by atoms with Crippen LogP contribution in [-0.4, -0.2) is 23.2 Å². The number of ether oxygens (including phenoxy) is 1. The molecule has 0 saturated heterocycles. The number of carbonyl (C=O) groups is 1. The Labute approximate surface area is 143 Å². The molecule has 1 aromatic heterocycles. The lowest BCUT2D eigenvalue weighted by Crippen LogP contribution is -2.14. The third-order valence-corrected chi connectivity index (χ3v) is 3.50. The first-order valence-electron chi connectivity index (χ1n) is 7.16. The van der Waals surface area contributed by atoms with Gasteiger partial charge < -0.3 is 9.15 Å². The summed E-state index contributed by atoms with van der Waals surface area (Å²) in [5.41, 5.74) is 1.54. The molecule has 3 aromatic rings. The van der Waals surface area contributed by atoms with Crippen LogP contribution in [0.25, 0.3) is 11.5 Å². The Hall–Kier alpha value is -2.86. The Morgan fingerprint density at radius 1 is 1.21 bits per heavy atom. The lowest BCUT2D eigenvalue weighted by atomic mass is 10.1. The number of hydrogen-bond donors (Lipinski definition) is 1. The summed E-state index contributed by atoms with van der Waals surface area (Å²) in [5, 5.41) is 10.9. The summed E-state index contributed by atoms with van der Waals surface area (Å²) in [4.78, 5) is 12.0. The van der Waals surface area contributed by atoms with Crippen molar-refractivity contribution in [1.29, 1.82) is 0 Å². The molecule has 0 aliphatic carbocycles. The van der Waals surface area contributed by atoms with Crippen molar-refractivity contribution in [2.45, 2.75) is 6.42 Å². The van der Waals surface area contributed by atoms with Crippen molar-refractivity contribution >= 4 is 23.5 Å². The van der Waals surface area contributed by atoms with Gasteiger partial charge in [-0.05, 0) is 35.9 Å². The molecule has 1 N–H and O–H groups in total. The van der Waals surface area contributed by atoms with Gasteiger partial charge >= 0.3 is 6.01 Å². The van der Waals surface area contributed by atoms with E-state index in [0.717, 1.165) is 11.3 Å². The van der Waals surface area contributed by atoms with Gasteiger partial charge in [0.05, 0.1) is 13.5 Å². The van der Waals surface area contributed by atoms with Crippen LogP contribution in [0.15, 0.2) is 52.9 Å². The van der Waals surface area contributed by atoms with Crippen LogP contribution in [0.4, 0.5) is 6.01 Å². The maximum Gasteiger partial charge on any atom is 0.322 e. The molecule has 6 nitrogen and oxygen atoms in total. The molecule has 0 saturated carbocycles. The number of rotatable bonds is 5. The van der Waals surface area contributed by atoms with Crippen LogP contribution in [-0.2, 0) is 11.2 Å². The fourth-order valence-corrected chi connectivity index (χ4v) is 2.29. The molecule has 0 fully saturated rings. The van der Waals surface area contributed by atoms with Crippen molar-refractivity contribution in [1.82, 2.24) is 10.2 Å². The number of anilines is 1. The van der Waals surface area contributed by atoms with E-state index in [2.05, 4.69) is 15.5 Å². The maximum atomic E-state index is 12.0. The SMILES string of the molecule is COc1ccc(CC(=O)Nc2nnc(-c3cccc(Cl)c3)o2)cc1. The molecule has 0 spiro atoms. The summed E-state index contributed by atoms with van der Waals surface area (Å²) in [5.74, 6) is 0.779. The Balaban J connectivity index is 1.64. The molecule has 2 aromatic carbocycles. The normalized spacial score (nSPS) is 10.4. The highest BCUT2D eigenvalue weighted by Crippen LogP contribution is 2.22. The number of nitrogens with zero attached hydrogens (tertiary/aromatic N) is 2. The summed E-state index contributed by atoms with van der Waals surface area (Å²) < 4.78 is 10.5. The summed E-state index contributed by atoms with van der Waals surface area (Å²) in [6.07, 6.45) is 0.193. The number of amides is 1. The quantitative estimate of drug-likeness (QED) is 0.766. The van der Waals surface area contributed by atoms with E-state index in [1.54, 1.807) is 43.5 Å². The van der Waals surface area contributed by atoms with E-state index in [9.17, 15) is 4.79 Å². The fourth-order valence-electron chi connectivity index (χ4n) is 2.10. The standard InChI is InChI=1S/C17H14ClN3O3/c1-23-14-7-5-11(6-8-14)9-15(22)19-17-21-20-16(24-17)12-3-2-4-13(18)10-12/h2-8,10H,9H2,1H3,(H,19,21,22). The van der Waals surface area contributed by atoms with E-state index in [0.29, 0.717) is 10.6 Å². The van der Waals surface area contributed by atoms with E-state index in [1.807, 2.05) is 12.1 Å². The monoisotopic (exact) mass is 343 g/mol. The Morgan fingerprint density at radius 3 is 2.71 bits per heavy atom. The van der Waals surface area contributed by atoms with Crippen molar-refractivity contribution in [3.05, 3.63) is 59.1 Å². The van der Waals surface area contributed by atoms with Gasteiger partial charge in [0, 0.05) is 10.6 Å². The first-order valence-corrected chi connectivity index (χ1v) is 7.54. The zero-order valence-corrected chi connectivity index (χ0v) is 13.6. The van der Waals surface area contributed by atoms with Crippen LogP contribution in [0.3, 0.4) is 0 Å². The van der Waals surface area contributed by atoms with Crippen molar-refractivity contribution in [2.75, 3.05) is 12.4 Å². The molecule has 1 amide bonds. The molecule has 0 bridgehead atoms. The van der Waals surface area contributed by atoms with Gasteiger partial charge in [0.1, 0.15) is 5.75 Å². The number of halogens is 1. The Kier molecular flexibility index (Phi) is 4.77. The third kappa shape index (κ3) is 3.91. The molecule has 3 rings (SSSR count). The molecule has 0 radical (unpaired) electrons. The average molecular weight is 344 g/mol. The molecule has 122 valence electrons. The third-order valence-electron chi connectivity index (χ3n) is 3.27. The minimum absolute atomic E-state index is 0.0449. The van der Waals surface area contributed by atoms with Crippen LogP contribution in [0, 0.1) is 0 Å². The number of aromatic nitrogens is 2. The van der Waals surface area contributed by atoms with Gasteiger partial charge in [-0.25, -0.2) is 0 Å². The second-order valence-corrected chi connectivity index (χ2v) is 5.43. The zero-order chi connectivity index (χ0) is 16.9. The summed E-state index contributed by atoms with van der Waals surface area (Å²) in [7, 11) is 1.59. The molecule has 0 atom stereocenters. The lowest BCUT2D eigenvalue weighted by Gasteiger charge is -2.03. The van der Waals surface area contributed by atoms with Crippen LogP contribution >= 0.6 is 11.6 Å². The highest BCUT2D eigenvalue weighted by atomic mass is 35.5. The van der Waals surface area contributed by atoms with Crippen molar-refractivity contribution in [3.8, 4) is 17.2 Å². The number of hydrogen-bond acceptors (Lipinski definition) is 5. The van der Waals surface area contributed by atoms with Crippen LogP contribution in [0.2, 0.25) is 5.02 Å². The smallest absolute Gasteiger partial charge is 0.322 e. The maximum absolute atomic E-state index is 12.0. The second kappa shape index (κ2) is 7.14. The summed E-state index contributed by atoms with van der Waals surface area (Å²) in [6, 6.07) is 14.3. The van der Waals surface area contributed by atoms with Gasteiger partial charge in [0.15, 0.2) is 0 Å². The molecular formula is C17H14ClN3O3. The van der Waals surface area contributed by atoms with E-state index < -0.39 is 0 Å². The van der Waals surface area contributed by atoms with Gasteiger partial charge in [0.2, 0.25) is 11.8 Å². The number of nitrogens with one attached hydrogen (secondary N) is 1. The van der Waals surface area contributed by atoms with Gasteiger partial charge in [0.25, 0.3) is 0 Å². The molecule has 1 heterocycles. The molecule has 0 aliphatic rings. The predicted molar refractivity (Wildman–Crippen MR) is 90.1 cm³/mol. The van der Waals surface area contributed by atoms with Crippen LogP contribution in [0.5, 0.6) is 5.75 Å². The molecule has 24 heavy (non-hydrogen) atoms. The minimum Gasteiger partial charge on any atom is -0.497 e. The van der Waals surface area contributed by atoms with Gasteiger partial charge in [-0.1, -0.05) is 34.9 Å². The van der Waals surface area contributed by atoms with Gasteiger partial charge in [-0.3, -0.25) is 10.1 Å². The topological polar surface area (TPSA) is 77.2 Å². The molecule has 0 unspecified atom stereocenters. The van der Waals surface area contributed by atoms with E-state index in [4.69, 9.17) is 20.8 Å². The van der Waals surface area contributed by atoms with E-state index in [-0.39, 0.29) is 24.2 Å². The van der Waals surface area contributed by atoms with Crippen molar-refractivity contribution < 1.29 is 13.9 Å². The first-order chi connectivity index (χ1) is 11.6. The highest BCUT2D eigenvalue weighted by Gasteiger charge is 2.12. The highest BCUT2D eigenvalue weighted by molar-refractivity contribution is 6.30. The van der Waals surface area contributed by atoms with E-state index in [1.165, 1.54) is 0 Å². The molecule has 7 heteroatoms.